The first-order valence-electron chi connectivity index (χ1n) is 8.40. The molecule has 0 atom stereocenters. The summed E-state index contributed by atoms with van der Waals surface area (Å²) in [7, 11) is 0. The van der Waals surface area contributed by atoms with Crippen LogP contribution < -0.4 is 10.2 Å². The van der Waals surface area contributed by atoms with Crippen molar-refractivity contribution in [1.29, 1.82) is 0 Å². The van der Waals surface area contributed by atoms with Crippen molar-refractivity contribution >= 4 is 28.2 Å². The molecule has 1 fully saturated rings. The largest absolute Gasteiger partial charge is 0.378 e. The van der Waals surface area contributed by atoms with E-state index in [1.807, 2.05) is 54.6 Å². The zero-order chi connectivity index (χ0) is 17.1. The van der Waals surface area contributed by atoms with Crippen LogP contribution in [0.4, 0.5) is 11.4 Å². The molecular formula is C20H19N3O2. The van der Waals surface area contributed by atoms with Gasteiger partial charge in [-0.1, -0.05) is 30.3 Å². The Hall–Kier alpha value is -2.92. The summed E-state index contributed by atoms with van der Waals surface area (Å²) in [5.74, 6) is -0.148. The van der Waals surface area contributed by atoms with E-state index in [-0.39, 0.29) is 5.91 Å². The molecule has 4 rings (SSSR count). The second-order valence-corrected chi connectivity index (χ2v) is 5.95. The Morgan fingerprint density at radius 2 is 1.80 bits per heavy atom. The Labute approximate surface area is 146 Å². The number of nitrogens with one attached hydrogen (secondary N) is 1. The fourth-order valence-corrected chi connectivity index (χ4v) is 3.14. The molecular weight excluding hydrogens is 314 g/mol. The lowest BCUT2D eigenvalue weighted by molar-refractivity contribution is 0.102. The van der Waals surface area contributed by atoms with Crippen molar-refractivity contribution < 1.29 is 9.53 Å². The van der Waals surface area contributed by atoms with Gasteiger partial charge in [0.15, 0.2) is 0 Å². The summed E-state index contributed by atoms with van der Waals surface area (Å²) >= 11 is 0. The third-order valence-corrected chi connectivity index (χ3v) is 4.38. The molecule has 0 spiro atoms. The summed E-state index contributed by atoms with van der Waals surface area (Å²) < 4.78 is 5.42. The van der Waals surface area contributed by atoms with Gasteiger partial charge in [0.25, 0.3) is 5.91 Å². The number of carbonyl (C=O) groups is 1. The van der Waals surface area contributed by atoms with E-state index in [9.17, 15) is 4.79 Å². The molecule has 1 aliphatic heterocycles. The maximum Gasteiger partial charge on any atom is 0.257 e. The highest BCUT2D eigenvalue weighted by atomic mass is 16.5. The van der Waals surface area contributed by atoms with Crippen molar-refractivity contribution in [2.24, 2.45) is 0 Å². The van der Waals surface area contributed by atoms with Crippen LogP contribution in [-0.2, 0) is 4.74 Å². The molecule has 3 aromatic rings. The molecule has 1 amide bonds. The molecule has 0 bridgehead atoms. The van der Waals surface area contributed by atoms with Gasteiger partial charge in [-0.05, 0) is 24.3 Å². The monoisotopic (exact) mass is 333 g/mol. The van der Waals surface area contributed by atoms with Gasteiger partial charge in [-0.2, -0.15) is 0 Å². The lowest BCUT2D eigenvalue weighted by Crippen LogP contribution is -2.36. The molecule has 1 aromatic heterocycles. The van der Waals surface area contributed by atoms with Gasteiger partial charge in [-0.3, -0.25) is 9.78 Å². The fraction of sp³-hybridized carbons (Fsp3) is 0.200. The Morgan fingerprint density at radius 1 is 1.00 bits per heavy atom. The molecule has 0 saturated carbocycles. The average molecular weight is 333 g/mol. The number of carbonyl (C=O) groups excluding carboxylic acids is 1. The number of pyridine rings is 1. The molecule has 1 aliphatic rings. The normalized spacial score (nSPS) is 14.5. The molecule has 126 valence electrons. The van der Waals surface area contributed by atoms with Crippen molar-refractivity contribution in [2.75, 3.05) is 36.5 Å². The van der Waals surface area contributed by atoms with Crippen molar-refractivity contribution in [3.63, 3.8) is 0 Å². The minimum Gasteiger partial charge on any atom is -0.378 e. The molecule has 2 heterocycles. The second-order valence-electron chi connectivity index (χ2n) is 5.95. The number of amides is 1. The van der Waals surface area contributed by atoms with Crippen LogP contribution in [0.2, 0.25) is 0 Å². The number of fused-ring (bicyclic) bond motifs is 1. The van der Waals surface area contributed by atoms with Crippen molar-refractivity contribution in [3.05, 3.63) is 66.4 Å². The van der Waals surface area contributed by atoms with Crippen LogP contribution in [0.1, 0.15) is 10.4 Å². The number of aromatic nitrogens is 1. The molecule has 25 heavy (non-hydrogen) atoms. The van der Waals surface area contributed by atoms with Crippen LogP contribution in [0.15, 0.2) is 60.8 Å². The van der Waals surface area contributed by atoms with Crippen molar-refractivity contribution in [1.82, 2.24) is 4.98 Å². The second kappa shape index (κ2) is 6.91. The Kier molecular flexibility index (Phi) is 4.31. The van der Waals surface area contributed by atoms with E-state index < -0.39 is 0 Å². The lowest BCUT2D eigenvalue weighted by Gasteiger charge is -2.30. The highest BCUT2D eigenvalue weighted by Gasteiger charge is 2.17. The molecule has 0 aliphatic carbocycles. The van der Waals surface area contributed by atoms with E-state index in [0.717, 1.165) is 29.9 Å². The fourth-order valence-electron chi connectivity index (χ4n) is 3.14. The van der Waals surface area contributed by atoms with Gasteiger partial charge >= 0.3 is 0 Å². The smallest absolute Gasteiger partial charge is 0.257 e. The molecule has 2 aromatic carbocycles. The highest BCUT2D eigenvalue weighted by molar-refractivity contribution is 6.12. The van der Waals surface area contributed by atoms with Crippen LogP contribution in [0.3, 0.4) is 0 Å². The Balaban J connectivity index is 1.65. The van der Waals surface area contributed by atoms with Crippen molar-refractivity contribution in [2.45, 2.75) is 0 Å². The predicted octanol–water partition coefficient (Wildman–Crippen LogP) is 3.32. The number of para-hydroxylation sites is 3. The van der Waals surface area contributed by atoms with Gasteiger partial charge in [0.05, 0.1) is 35.7 Å². The summed E-state index contributed by atoms with van der Waals surface area (Å²) in [6.45, 7) is 3.05. The number of nitrogens with zero attached hydrogens (tertiary/aromatic N) is 2. The predicted molar refractivity (Wildman–Crippen MR) is 99.2 cm³/mol. The van der Waals surface area contributed by atoms with Crippen molar-refractivity contribution in [3.8, 4) is 0 Å². The molecule has 1 saturated heterocycles. The lowest BCUT2D eigenvalue weighted by atomic mass is 10.1. The van der Waals surface area contributed by atoms with E-state index in [2.05, 4.69) is 15.2 Å². The highest BCUT2D eigenvalue weighted by Crippen LogP contribution is 2.27. The summed E-state index contributed by atoms with van der Waals surface area (Å²) in [5.41, 5.74) is 3.12. The number of rotatable bonds is 3. The maximum absolute atomic E-state index is 12.9. The number of morpholine rings is 1. The van der Waals surface area contributed by atoms with E-state index in [1.165, 1.54) is 0 Å². The first-order chi connectivity index (χ1) is 12.3. The number of ether oxygens (including phenoxy) is 1. The Bertz CT molecular complexity index is 899. The minimum absolute atomic E-state index is 0.148. The topological polar surface area (TPSA) is 54.5 Å². The number of anilines is 2. The van der Waals surface area contributed by atoms with Gasteiger partial charge < -0.3 is 15.0 Å². The zero-order valence-corrected chi connectivity index (χ0v) is 13.8. The van der Waals surface area contributed by atoms with E-state index in [0.29, 0.717) is 24.3 Å². The van der Waals surface area contributed by atoms with E-state index >= 15 is 0 Å². The number of hydrogen-bond donors (Lipinski definition) is 1. The SMILES string of the molecule is O=C(Nc1ccccc1N1CCOCC1)c1cccc2cccnc12. The minimum atomic E-state index is -0.148. The van der Waals surface area contributed by atoms with Gasteiger partial charge in [0.2, 0.25) is 0 Å². The molecule has 0 radical (unpaired) electrons. The summed E-state index contributed by atoms with van der Waals surface area (Å²) in [6.07, 6.45) is 1.71. The van der Waals surface area contributed by atoms with Crippen LogP contribution in [0.25, 0.3) is 10.9 Å². The van der Waals surface area contributed by atoms with Gasteiger partial charge in [-0.25, -0.2) is 0 Å². The maximum atomic E-state index is 12.9. The average Bonchev–Trinajstić information content (AvgIpc) is 2.68. The van der Waals surface area contributed by atoms with E-state index in [1.54, 1.807) is 6.20 Å². The standard InChI is InChI=1S/C20H19N3O2/c24-20(16-7-3-5-15-6-4-10-21-19(15)16)22-17-8-1-2-9-18(17)23-11-13-25-14-12-23/h1-10H,11-14H2,(H,22,24). The van der Waals surface area contributed by atoms with Crippen LogP contribution in [-0.4, -0.2) is 37.2 Å². The summed E-state index contributed by atoms with van der Waals surface area (Å²) in [5, 5.41) is 4.01. The van der Waals surface area contributed by atoms with Gasteiger partial charge in [0.1, 0.15) is 0 Å². The molecule has 5 heteroatoms. The quantitative estimate of drug-likeness (QED) is 0.799. The van der Waals surface area contributed by atoms with Gasteiger partial charge in [0, 0.05) is 24.7 Å². The van der Waals surface area contributed by atoms with E-state index in [4.69, 9.17) is 4.74 Å². The third-order valence-electron chi connectivity index (χ3n) is 4.38. The summed E-state index contributed by atoms with van der Waals surface area (Å²) in [6, 6.07) is 17.4. The zero-order valence-electron chi connectivity index (χ0n) is 13.8. The van der Waals surface area contributed by atoms with Crippen LogP contribution >= 0.6 is 0 Å². The first kappa shape index (κ1) is 15.6. The third kappa shape index (κ3) is 3.19. The molecule has 5 nitrogen and oxygen atoms in total. The van der Waals surface area contributed by atoms with Crippen LogP contribution in [0.5, 0.6) is 0 Å². The van der Waals surface area contributed by atoms with Crippen LogP contribution in [0, 0.1) is 0 Å². The first-order valence-corrected chi connectivity index (χ1v) is 8.40. The molecule has 1 N–H and O–H groups in total. The number of benzene rings is 2. The number of hydrogen-bond acceptors (Lipinski definition) is 4. The van der Waals surface area contributed by atoms with Gasteiger partial charge in [-0.15, -0.1) is 0 Å². The molecule has 0 unspecified atom stereocenters. The summed E-state index contributed by atoms with van der Waals surface area (Å²) in [4.78, 5) is 19.5. The Morgan fingerprint density at radius 3 is 2.68 bits per heavy atom.